The molecule has 1 fully saturated rings. The molecule has 1 aliphatic rings. The summed E-state index contributed by atoms with van der Waals surface area (Å²) in [7, 11) is 0. The van der Waals surface area contributed by atoms with Crippen LogP contribution in [0, 0.1) is 17.0 Å². The van der Waals surface area contributed by atoms with Crippen molar-refractivity contribution in [3.05, 3.63) is 69.9 Å². The van der Waals surface area contributed by atoms with Gasteiger partial charge in [0.25, 0.3) is 11.6 Å². The molecule has 2 N–H and O–H groups in total. The summed E-state index contributed by atoms with van der Waals surface area (Å²) in [6.45, 7) is 3.47. The van der Waals surface area contributed by atoms with Gasteiger partial charge in [-0.25, -0.2) is 0 Å². The minimum Gasteiger partial charge on any atom is -0.366 e. The summed E-state index contributed by atoms with van der Waals surface area (Å²) in [4.78, 5) is 30.2. The Morgan fingerprint density at radius 3 is 2.68 bits per heavy atom. The lowest BCUT2D eigenvalue weighted by molar-refractivity contribution is -0.384. The molecule has 0 aliphatic carbocycles. The van der Waals surface area contributed by atoms with Crippen LogP contribution in [-0.2, 0) is 0 Å². The first-order valence-electron chi connectivity index (χ1n) is 9.94. The maximum Gasteiger partial charge on any atom is 0.293 e. The number of rotatable bonds is 4. The summed E-state index contributed by atoms with van der Waals surface area (Å²) in [5.74, 6) is -0.511. The van der Waals surface area contributed by atoms with Crippen molar-refractivity contribution in [2.45, 2.75) is 19.8 Å². The van der Waals surface area contributed by atoms with Crippen LogP contribution in [-0.4, -0.2) is 34.0 Å². The average molecular weight is 436 g/mol. The molecule has 31 heavy (non-hydrogen) atoms. The van der Waals surface area contributed by atoms with Gasteiger partial charge < -0.3 is 10.2 Å². The summed E-state index contributed by atoms with van der Waals surface area (Å²) in [5.41, 5.74) is 3.06. The van der Waals surface area contributed by atoms with E-state index in [-0.39, 0.29) is 16.4 Å². The van der Waals surface area contributed by atoms with E-state index in [2.05, 4.69) is 15.6 Å². The molecule has 0 spiro atoms. The second kappa shape index (κ2) is 8.65. The van der Waals surface area contributed by atoms with Crippen LogP contribution in [0.4, 0.5) is 17.1 Å². The number of carbonyl (C=O) groups excluding carboxylic acids is 1. The SMILES string of the molecule is Cc1ccc2c(NC(=S)NC(=O)c3ccc(N4CCCC4)c([N+](=O)[O-])c3)cccc2n1. The zero-order valence-corrected chi connectivity index (χ0v) is 17.7. The van der Waals surface area contributed by atoms with Crippen LogP contribution in [0.2, 0.25) is 0 Å². The van der Waals surface area contributed by atoms with E-state index in [1.807, 2.05) is 42.2 Å². The van der Waals surface area contributed by atoms with Gasteiger partial charge in [-0.3, -0.25) is 25.2 Å². The normalized spacial score (nSPS) is 13.3. The third-order valence-corrected chi connectivity index (χ3v) is 5.43. The molecule has 9 heteroatoms. The van der Waals surface area contributed by atoms with Crippen LogP contribution in [0.5, 0.6) is 0 Å². The van der Waals surface area contributed by atoms with Crippen molar-refractivity contribution < 1.29 is 9.72 Å². The lowest BCUT2D eigenvalue weighted by Gasteiger charge is -2.18. The molecule has 0 saturated carbocycles. The standard InChI is InChI=1S/C22H21N5O3S/c1-14-7-9-16-17(23-14)5-4-6-18(16)24-22(31)25-21(28)15-8-10-19(20(13-15)27(29)30)26-11-2-3-12-26/h4-10,13H,2-3,11-12H2,1H3,(H2,24,25,28,31). The van der Waals surface area contributed by atoms with Gasteiger partial charge in [0.2, 0.25) is 0 Å². The summed E-state index contributed by atoms with van der Waals surface area (Å²) < 4.78 is 0. The Hall–Kier alpha value is -3.59. The lowest BCUT2D eigenvalue weighted by Crippen LogP contribution is -2.34. The third kappa shape index (κ3) is 4.46. The fourth-order valence-corrected chi connectivity index (χ4v) is 3.93. The van der Waals surface area contributed by atoms with E-state index >= 15 is 0 Å². The van der Waals surface area contributed by atoms with Gasteiger partial charge >= 0.3 is 0 Å². The average Bonchev–Trinajstić information content (AvgIpc) is 3.28. The third-order valence-electron chi connectivity index (χ3n) is 5.23. The predicted molar refractivity (Wildman–Crippen MR) is 125 cm³/mol. The zero-order valence-electron chi connectivity index (χ0n) is 16.9. The molecule has 4 rings (SSSR count). The van der Waals surface area contributed by atoms with Gasteiger partial charge in [0.15, 0.2) is 5.11 Å². The van der Waals surface area contributed by atoms with Crippen molar-refractivity contribution in [2.24, 2.45) is 0 Å². The molecule has 1 aromatic heterocycles. The number of pyridine rings is 1. The van der Waals surface area contributed by atoms with Crippen LogP contribution in [0.1, 0.15) is 28.9 Å². The van der Waals surface area contributed by atoms with Gasteiger partial charge in [-0.15, -0.1) is 0 Å². The monoisotopic (exact) mass is 435 g/mol. The molecule has 0 atom stereocenters. The van der Waals surface area contributed by atoms with E-state index in [9.17, 15) is 14.9 Å². The molecule has 3 aromatic rings. The van der Waals surface area contributed by atoms with Gasteiger partial charge in [0.1, 0.15) is 5.69 Å². The molecule has 8 nitrogen and oxygen atoms in total. The molecule has 0 radical (unpaired) electrons. The number of nitrogens with one attached hydrogen (secondary N) is 2. The molecule has 1 amide bonds. The highest BCUT2D eigenvalue weighted by molar-refractivity contribution is 7.80. The van der Waals surface area contributed by atoms with Gasteiger partial charge in [0.05, 0.1) is 10.4 Å². The number of nitro groups is 1. The van der Waals surface area contributed by atoms with Crippen molar-refractivity contribution in [2.75, 3.05) is 23.3 Å². The number of hydrogen-bond donors (Lipinski definition) is 2. The van der Waals surface area contributed by atoms with Crippen molar-refractivity contribution >= 4 is 51.2 Å². The Labute approximate surface area is 184 Å². The Bertz CT molecular complexity index is 1190. The van der Waals surface area contributed by atoms with Gasteiger partial charge in [-0.2, -0.15) is 0 Å². The highest BCUT2D eigenvalue weighted by atomic mass is 32.1. The summed E-state index contributed by atoms with van der Waals surface area (Å²) >= 11 is 5.29. The molecule has 0 bridgehead atoms. The fourth-order valence-electron chi connectivity index (χ4n) is 3.73. The van der Waals surface area contributed by atoms with E-state index in [1.54, 1.807) is 12.1 Å². The van der Waals surface area contributed by atoms with E-state index in [0.717, 1.165) is 42.5 Å². The highest BCUT2D eigenvalue weighted by Crippen LogP contribution is 2.31. The quantitative estimate of drug-likeness (QED) is 0.360. The Morgan fingerprint density at radius 1 is 1.16 bits per heavy atom. The van der Waals surface area contributed by atoms with Crippen molar-refractivity contribution in [1.82, 2.24) is 10.3 Å². The Balaban J connectivity index is 1.51. The number of aromatic nitrogens is 1. The Morgan fingerprint density at radius 2 is 1.94 bits per heavy atom. The van der Waals surface area contributed by atoms with Crippen molar-refractivity contribution in [3.8, 4) is 0 Å². The maximum atomic E-state index is 12.7. The number of nitro benzene ring substituents is 1. The van der Waals surface area contributed by atoms with Crippen LogP contribution < -0.4 is 15.5 Å². The molecule has 1 saturated heterocycles. The minimum absolute atomic E-state index is 0.0797. The fraction of sp³-hybridized carbons (Fsp3) is 0.227. The number of aryl methyl sites for hydroxylation is 1. The molecule has 2 aromatic carbocycles. The molecular formula is C22H21N5O3S. The van der Waals surface area contributed by atoms with E-state index in [0.29, 0.717) is 11.4 Å². The first kappa shape index (κ1) is 20.7. The molecule has 0 unspecified atom stereocenters. The number of hydrogen-bond acceptors (Lipinski definition) is 6. The number of thiocarbonyl (C=S) groups is 1. The van der Waals surface area contributed by atoms with Gasteiger partial charge in [-0.1, -0.05) is 6.07 Å². The first-order chi connectivity index (χ1) is 14.9. The topological polar surface area (TPSA) is 100 Å². The lowest BCUT2D eigenvalue weighted by atomic mass is 10.1. The second-order valence-electron chi connectivity index (χ2n) is 7.39. The number of amides is 1. The van der Waals surface area contributed by atoms with Crippen LogP contribution in [0.3, 0.4) is 0 Å². The summed E-state index contributed by atoms with van der Waals surface area (Å²) in [6.07, 6.45) is 2.01. The number of fused-ring (bicyclic) bond motifs is 1. The summed E-state index contributed by atoms with van der Waals surface area (Å²) in [5, 5.41) is 18.2. The minimum atomic E-state index is -0.511. The van der Waals surface area contributed by atoms with E-state index in [1.165, 1.54) is 6.07 Å². The van der Waals surface area contributed by atoms with Crippen LogP contribution >= 0.6 is 12.2 Å². The largest absolute Gasteiger partial charge is 0.366 e. The van der Waals surface area contributed by atoms with Crippen molar-refractivity contribution in [1.29, 1.82) is 0 Å². The van der Waals surface area contributed by atoms with Crippen LogP contribution in [0.25, 0.3) is 10.9 Å². The van der Waals surface area contributed by atoms with Gasteiger partial charge in [0, 0.05) is 41.5 Å². The molecule has 1 aliphatic heterocycles. The van der Waals surface area contributed by atoms with Crippen LogP contribution in [0.15, 0.2) is 48.5 Å². The number of carbonyl (C=O) groups is 1. The predicted octanol–water partition coefficient (Wildman–Crippen LogP) is 4.18. The number of benzene rings is 2. The van der Waals surface area contributed by atoms with Crippen molar-refractivity contribution in [3.63, 3.8) is 0 Å². The number of anilines is 2. The van der Waals surface area contributed by atoms with E-state index in [4.69, 9.17) is 12.2 Å². The highest BCUT2D eigenvalue weighted by Gasteiger charge is 2.24. The smallest absolute Gasteiger partial charge is 0.293 e. The molecule has 158 valence electrons. The van der Waals surface area contributed by atoms with Gasteiger partial charge in [-0.05, 0) is 68.4 Å². The van der Waals surface area contributed by atoms with E-state index < -0.39 is 10.8 Å². The maximum absolute atomic E-state index is 12.7. The molecule has 2 heterocycles. The second-order valence-corrected chi connectivity index (χ2v) is 7.80. The first-order valence-corrected chi connectivity index (χ1v) is 10.4. The molecular weight excluding hydrogens is 414 g/mol. The Kier molecular flexibility index (Phi) is 5.77. The summed E-state index contributed by atoms with van der Waals surface area (Å²) in [6, 6.07) is 13.9. The number of nitrogens with zero attached hydrogens (tertiary/aromatic N) is 3. The zero-order chi connectivity index (χ0) is 22.0.